The lowest BCUT2D eigenvalue weighted by Crippen LogP contribution is -2.43. The van der Waals surface area contributed by atoms with Crippen LogP contribution in [0, 0.1) is 13.8 Å². The number of aromatic nitrogens is 4. The van der Waals surface area contributed by atoms with Gasteiger partial charge in [0.15, 0.2) is 0 Å². The Bertz CT molecular complexity index is 1450. The van der Waals surface area contributed by atoms with E-state index in [2.05, 4.69) is 9.97 Å². The maximum atomic E-state index is 13.7. The molecule has 0 radical (unpaired) electrons. The van der Waals surface area contributed by atoms with Crippen molar-refractivity contribution in [2.45, 2.75) is 82.5 Å². The van der Waals surface area contributed by atoms with E-state index in [1.807, 2.05) is 0 Å². The summed E-state index contributed by atoms with van der Waals surface area (Å²) in [5, 5.41) is 20.6. The molecule has 214 valence electrons. The van der Waals surface area contributed by atoms with Gasteiger partial charge in [-0.15, -0.1) is 0 Å². The Kier molecular flexibility index (Phi) is 7.79. The number of nitrogens with one attached hydrogen (secondary N) is 2. The molecule has 3 saturated heterocycles. The lowest BCUT2D eigenvalue weighted by Gasteiger charge is -2.39. The molecule has 0 aromatic carbocycles. The standard InChI is InChI=1S/C23H31N4O11P/c1-11-8-26(22(32)24-20(11)30)17-6-13(29)19(36-17)14-4-3-5-39(34,37-14)38-15-7-18(35-16(15)10-28)27-9-12(2)21(31)25-23(27)33/h8-9,13-19,28-29H,3-7,10H2,1-2H3,(H,24,30,32)(H,25,31,33)/t13-,14-,15-,16+,17+,18+,19-,39?/m0/s1. The van der Waals surface area contributed by atoms with Crippen LogP contribution in [-0.4, -0.2) is 72.6 Å². The average molecular weight is 570 g/mol. The molecule has 8 atom stereocenters. The minimum absolute atomic E-state index is 0.0547. The molecule has 0 bridgehead atoms. The third-order valence-corrected chi connectivity index (χ3v) is 9.34. The summed E-state index contributed by atoms with van der Waals surface area (Å²) in [6.07, 6.45) is -2.50. The molecule has 0 saturated carbocycles. The normalized spacial score (nSPS) is 34.9. The van der Waals surface area contributed by atoms with Crippen LogP contribution < -0.4 is 27.4 Å². The van der Waals surface area contributed by atoms with Crippen molar-refractivity contribution in [3.05, 3.63) is 65.2 Å². The summed E-state index contributed by atoms with van der Waals surface area (Å²) in [6.45, 7) is 2.61. The first-order chi connectivity index (χ1) is 18.5. The first kappa shape index (κ1) is 28.1. The number of hydrogen-bond acceptors (Lipinski definition) is 11. The largest absolute Gasteiger partial charge is 0.631 e. The summed E-state index contributed by atoms with van der Waals surface area (Å²) in [5.41, 5.74) is -1.80. The summed E-state index contributed by atoms with van der Waals surface area (Å²) in [4.78, 5) is 66.1. The first-order valence-corrected chi connectivity index (χ1v) is 14.4. The number of aliphatic hydroxyl groups is 2. The molecular formula is C23H31N4O11P. The smallest absolute Gasteiger partial charge is 0.330 e. The highest BCUT2D eigenvalue weighted by molar-refractivity contribution is 7.59. The van der Waals surface area contributed by atoms with Crippen LogP contribution in [0.15, 0.2) is 31.6 Å². The number of ether oxygens (including phenoxy) is 2. The van der Waals surface area contributed by atoms with Gasteiger partial charge in [-0.05, 0) is 26.7 Å². The summed E-state index contributed by atoms with van der Waals surface area (Å²) in [7, 11) is -3.75. The molecule has 3 aliphatic heterocycles. The molecule has 1 unspecified atom stereocenters. The van der Waals surface area contributed by atoms with E-state index < -0.39 is 80.0 Å². The predicted octanol–water partition coefficient (Wildman–Crippen LogP) is -1.68. The van der Waals surface area contributed by atoms with E-state index in [0.29, 0.717) is 24.0 Å². The summed E-state index contributed by atoms with van der Waals surface area (Å²) < 4.78 is 25.9. The fraction of sp³-hybridized carbons (Fsp3) is 0.652. The van der Waals surface area contributed by atoms with Crippen LogP contribution in [0.3, 0.4) is 0 Å². The quantitative estimate of drug-likeness (QED) is 0.288. The number of rotatable bonds is 6. The number of aryl methyl sites for hydroxylation is 2. The lowest BCUT2D eigenvalue weighted by molar-refractivity contribution is -0.238. The van der Waals surface area contributed by atoms with Crippen molar-refractivity contribution in [3.63, 3.8) is 0 Å². The maximum Gasteiger partial charge on any atom is 0.330 e. The Morgan fingerprint density at radius 2 is 1.62 bits per heavy atom. The molecule has 3 fully saturated rings. The van der Waals surface area contributed by atoms with Gasteiger partial charge in [0, 0.05) is 36.4 Å². The van der Waals surface area contributed by atoms with Gasteiger partial charge >= 0.3 is 11.4 Å². The fourth-order valence-corrected chi connectivity index (χ4v) is 7.34. The topological polar surface area (TPSA) is 210 Å². The molecule has 0 amide bonds. The highest BCUT2D eigenvalue weighted by Gasteiger charge is 2.51. The number of hydrogen-bond donors (Lipinski definition) is 4. The third-order valence-electron chi connectivity index (χ3n) is 7.29. The van der Waals surface area contributed by atoms with Crippen molar-refractivity contribution < 1.29 is 33.6 Å². The highest BCUT2D eigenvalue weighted by Crippen LogP contribution is 2.60. The highest BCUT2D eigenvalue weighted by atomic mass is 31.2. The number of aromatic amines is 2. The molecule has 39 heavy (non-hydrogen) atoms. The molecule has 4 N–H and O–H groups in total. The van der Waals surface area contributed by atoms with Crippen molar-refractivity contribution in [2.75, 3.05) is 12.8 Å². The SMILES string of the molecule is Cc1cn([C@H]2C[C@H](O)[C@@H]([C@@H]3CCC[P+]([O-])(O[C@H]4C[C@H](n5cc(C)c(=O)[nH]c5=O)O[C@@H]4CO)O3)O2)c(=O)[nH]c1=O. The second kappa shape index (κ2) is 10.8. The molecule has 2 aromatic heterocycles. The van der Waals surface area contributed by atoms with E-state index in [9.17, 15) is 34.3 Å². The van der Waals surface area contributed by atoms with Gasteiger partial charge in [0.1, 0.15) is 43.0 Å². The Hall–Kier alpha value is -2.49. The van der Waals surface area contributed by atoms with Crippen molar-refractivity contribution in [3.8, 4) is 0 Å². The predicted molar refractivity (Wildman–Crippen MR) is 133 cm³/mol. The van der Waals surface area contributed by atoms with Crippen molar-refractivity contribution in [1.29, 1.82) is 0 Å². The minimum atomic E-state index is -3.75. The van der Waals surface area contributed by atoms with Crippen molar-refractivity contribution >= 4 is 7.94 Å². The molecule has 5 heterocycles. The first-order valence-electron chi connectivity index (χ1n) is 12.7. The second-order valence-electron chi connectivity index (χ2n) is 10.1. The van der Waals surface area contributed by atoms with Crippen LogP contribution in [0.5, 0.6) is 0 Å². The molecule has 15 nitrogen and oxygen atoms in total. The second-order valence-corrected chi connectivity index (χ2v) is 12.2. The van der Waals surface area contributed by atoms with Gasteiger partial charge in [-0.25, -0.2) is 18.6 Å². The zero-order valence-electron chi connectivity index (χ0n) is 21.3. The van der Waals surface area contributed by atoms with E-state index in [1.54, 1.807) is 6.92 Å². The molecular weight excluding hydrogens is 539 g/mol. The molecule has 3 aliphatic rings. The third kappa shape index (κ3) is 5.58. The average Bonchev–Trinajstić information content (AvgIpc) is 3.46. The van der Waals surface area contributed by atoms with Crippen molar-refractivity contribution in [2.24, 2.45) is 0 Å². The number of nitrogens with zero attached hydrogens (tertiary/aromatic N) is 2. The monoisotopic (exact) mass is 570 g/mol. The molecule has 5 rings (SSSR count). The zero-order valence-corrected chi connectivity index (χ0v) is 22.2. The van der Waals surface area contributed by atoms with E-state index >= 15 is 0 Å². The molecule has 2 aromatic rings. The number of aliphatic hydroxyl groups excluding tert-OH is 2. The van der Waals surface area contributed by atoms with Crippen LogP contribution in [-0.2, 0) is 18.5 Å². The molecule has 0 aliphatic carbocycles. The minimum Gasteiger partial charge on any atom is -0.631 e. The summed E-state index contributed by atoms with van der Waals surface area (Å²) in [5.74, 6) is 0. The van der Waals surface area contributed by atoms with E-state index in [4.69, 9.17) is 18.5 Å². The van der Waals surface area contributed by atoms with Crippen LogP contribution in [0.2, 0.25) is 0 Å². The Labute approximate surface area is 221 Å². The van der Waals surface area contributed by atoms with Crippen molar-refractivity contribution in [1.82, 2.24) is 19.1 Å². The van der Waals surface area contributed by atoms with E-state index in [0.717, 1.165) is 0 Å². The van der Waals surface area contributed by atoms with Gasteiger partial charge in [-0.1, -0.05) is 0 Å². The summed E-state index contributed by atoms with van der Waals surface area (Å²) >= 11 is 0. The van der Waals surface area contributed by atoms with E-state index in [-0.39, 0.29) is 19.0 Å². The Morgan fingerprint density at radius 3 is 2.21 bits per heavy atom. The van der Waals surface area contributed by atoms with E-state index in [1.165, 1.54) is 28.5 Å². The lowest BCUT2D eigenvalue weighted by atomic mass is 10.0. The van der Waals surface area contributed by atoms with Gasteiger partial charge in [-0.2, -0.15) is 0 Å². The van der Waals surface area contributed by atoms with Gasteiger partial charge in [0.2, 0.25) is 7.94 Å². The van der Waals surface area contributed by atoms with Crippen LogP contribution in [0.1, 0.15) is 49.3 Å². The van der Waals surface area contributed by atoms with Crippen LogP contribution >= 0.6 is 7.94 Å². The Balaban J connectivity index is 1.29. The summed E-state index contributed by atoms with van der Waals surface area (Å²) in [6, 6.07) is 0. The van der Waals surface area contributed by atoms with Gasteiger partial charge < -0.3 is 24.6 Å². The number of H-pyrrole nitrogens is 2. The zero-order chi connectivity index (χ0) is 28.1. The van der Waals surface area contributed by atoms with Gasteiger partial charge in [0.05, 0.1) is 12.7 Å². The molecule has 16 heteroatoms. The fourth-order valence-electron chi connectivity index (χ4n) is 5.23. The van der Waals surface area contributed by atoms with Gasteiger partial charge in [-0.3, -0.25) is 28.7 Å². The maximum absolute atomic E-state index is 13.7. The van der Waals surface area contributed by atoms with Gasteiger partial charge in [0.25, 0.3) is 11.1 Å². The van der Waals surface area contributed by atoms with Crippen LogP contribution in [0.4, 0.5) is 0 Å². The molecule has 0 spiro atoms. The van der Waals surface area contributed by atoms with Crippen LogP contribution in [0.25, 0.3) is 0 Å². The Morgan fingerprint density at radius 1 is 1.03 bits per heavy atom.